The van der Waals surface area contributed by atoms with Gasteiger partial charge in [-0.1, -0.05) is 0 Å². The zero-order chi connectivity index (χ0) is 13.2. The van der Waals surface area contributed by atoms with Crippen LogP contribution in [0.1, 0.15) is 38.6 Å². The minimum atomic E-state index is 0.129. The van der Waals surface area contributed by atoms with Gasteiger partial charge in [-0.3, -0.25) is 4.79 Å². The number of amides is 1. The maximum absolute atomic E-state index is 12.4. The lowest BCUT2D eigenvalue weighted by atomic mass is 10.00. The van der Waals surface area contributed by atoms with Crippen molar-refractivity contribution < 1.29 is 4.79 Å². The van der Waals surface area contributed by atoms with Gasteiger partial charge in [-0.05, 0) is 39.2 Å². The smallest absolute Gasteiger partial charge is 0.225 e. The van der Waals surface area contributed by atoms with Crippen molar-refractivity contribution in [1.82, 2.24) is 20.2 Å². The first-order valence-electron chi connectivity index (χ1n) is 7.27. The van der Waals surface area contributed by atoms with Gasteiger partial charge >= 0.3 is 0 Å². The molecule has 0 spiro atoms. The lowest BCUT2D eigenvalue weighted by Crippen LogP contribution is -2.43. The third kappa shape index (κ3) is 2.52. The molecular weight excluding hydrogens is 240 g/mol. The van der Waals surface area contributed by atoms with Crippen LogP contribution in [0, 0.1) is 5.92 Å². The highest BCUT2D eigenvalue weighted by molar-refractivity contribution is 5.80. The second kappa shape index (κ2) is 5.33. The summed E-state index contributed by atoms with van der Waals surface area (Å²) in [6, 6.07) is 0.929. The number of rotatable bonds is 3. The lowest BCUT2D eigenvalue weighted by molar-refractivity contribution is -0.126. The fourth-order valence-electron chi connectivity index (χ4n) is 3.44. The Morgan fingerprint density at radius 2 is 2.32 bits per heavy atom. The summed E-state index contributed by atoms with van der Waals surface area (Å²) in [5.41, 5.74) is 0. The Balaban J connectivity index is 1.64. The molecule has 1 amide bonds. The average Bonchev–Trinajstić information content (AvgIpc) is 3.07. The van der Waals surface area contributed by atoms with Crippen LogP contribution in [0.3, 0.4) is 0 Å². The summed E-state index contributed by atoms with van der Waals surface area (Å²) in [5.74, 6) is 0.346. The molecule has 0 radical (unpaired) electrons. The van der Waals surface area contributed by atoms with Crippen LogP contribution in [-0.4, -0.2) is 34.1 Å². The van der Waals surface area contributed by atoms with Gasteiger partial charge in [0.05, 0.1) is 18.3 Å². The zero-order valence-electron chi connectivity index (χ0n) is 11.4. The third-order valence-electron chi connectivity index (χ3n) is 4.58. The van der Waals surface area contributed by atoms with Crippen LogP contribution in [0.4, 0.5) is 0 Å². The number of nitrogens with one attached hydrogen (secondary N) is 2. The second-order valence-corrected chi connectivity index (χ2v) is 5.76. The minimum Gasteiger partial charge on any atom is -0.351 e. The Hall–Kier alpha value is -1.36. The molecule has 0 aromatic carbocycles. The third-order valence-corrected chi connectivity index (χ3v) is 4.58. The first-order chi connectivity index (χ1) is 9.25. The van der Waals surface area contributed by atoms with E-state index in [1.54, 1.807) is 6.20 Å². The summed E-state index contributed by atoms with van der Waals surface area (Å²) in [4.78, 5) is 16.5. The van der Waals surface area contributed by atoms with Crippen LogP contribution >= 0.6 is 0 Å². The molecule has 2 fully saturated rings. The van der Waals surface area contributed by atoms with E-state index in [1.807, 2.05) is 12.5 Å². The number of aromatic nitrogens is 2. The van der Waals surface area contributed by atoms with E-state index < -0.39 is 0 Å². The van der Waals surface area contributed by atoms with Crippen LogP contribution in [0.25, 0.3) is 0 Å². The van der Waals surface area contributed by atoms with Crippen LogP contribution in [-0.2, 0) is 4.79 Å². The van der Waals surface area contributed by atoms with Crippen LogP contribution in [0.15, 0.2) is 18.7 Å². The number of hydrogen-bond donors (Lipinski definition) is 2. The quantitative estimate of drug-likeness (QED) is 0.857. The number of imidazole rings is 1. The molecule has 1 saturated heterocycles. The van der Waals surface area contributed by atoms with E-state index in [1.165, 1.54) is 6.42 Å². The van der Waals surface area contributed by atoms with Crippen molar-refractivity contribution in [3.63, 3.8) is 0 Å². The van der Waals surface area contributed by atoms with E-state index in [0.29, 0.717) is 12.1 Å². The van der Waals surface area contributed by atoms with E-state index in [4.69, 9.17) is 0 Å². The zero-order valence-corrected chi connectivity index (χ0v) is 11.4. The molecule has 1 aliphatic heterocycles. The first-order valence-corrected chi connectivity index (χ1v) is 7.27. The van der Waals surface area contributed by atoms with Gasteiger partial charge in [-0.2, -0.15) is 0 Å². The molecule has 2 aliphatic rings. The SMILES string of the molecule is CC1NCCC1C(=O)NC1CCCC1n1ccnc1. The highest BCUT2D eigenvalue weighted by Crippen LogP contribution is 2.30. The molecule has 1 aliphatic carbocycles. The van der Waals surface area contributed by atoms with Crippen LogP contribution < -0.4 is 10.6 Å². The van der Waals surface area contributed by atoms with Crippen molar-refractivity contribution in [2.75, 3.05) is 6.54 Å². The lowest BCUT2D eigenvalue weighted by Gasteiger charge is -2.24. The molecule has 5 nitrogen and oxygen atoms in total. The second-order valence-electron chi connectivity index (χ2n) is 5.76. The topological polar surface area (TPSA) is 59.0 Å². The maximum Gasteiger partial charge on any atom is 0.225 e. The van der Waals surface area contributed by atoms with Gasteiger partial charge in [0.2, 0.25) is 5.91 Å². The predicted molar refractivity (Wildman–Crippen MR) is 72.6 cm³/mol. The Bertz CT molecular complexity index is 431. The van der Waals surface area contributed by atoms with Gasteiger partial charge in [0.1, 0.15) is 0 Å². The van der Waals surface area contributed by atoms with Gasteiger partial charge in [0.25, 0.3) is 0 Å². The summed E-state index contributed by atoms with van der Waals surface area (Å²) in [5, 5.41) is 6.60. The molecule has 1 saturated carbocycles. The maximum atomic E-state index is 12.4. The molecule has 2 N–H and O–H groups in total. The molecule has 19 heavy (non-hydrogen) atoms. The molecule has 1 aromatic heterocycles. The molecule has 104 valence electrons. The Morgan fingerprint density at radius 1 is 1.42 bits per heavy atom. The first kappa shape index (κ1) is 12.7. The molecule has 5 heteroatoms. The van der Waals surface area contributed by atoms with Gasteiger partial charge in [-0.15, -0.1) is 0 Å². The number of nitrogens with zero attached hydrogens (tertiary/aromatic N) is 2. The molecule has 2 heterocycles. The molecule has 3 rings (SSSR count). The number of carbonyl (C=O) groups excluding carboxylic acids is 1. The highest BCUT2D eigenvalue weighted by atomic mass is 16.2. The summed E-state index contributed by atoms with van der Waals surface area (Å²) < 4.78 is 2.13. The number of hydrogen-bond acceptors (Lipinski definition) is 3. The van der Waals surface area contributed by atoms with E-state index in [0.717, 1.165) is 25.8 Å². The fourth-order valence-corrected chi connectivity index (χ4v) is 3.44. The van der Waals surface area contributed by atoms with Gasteiger partial charge in [-0.25, -0.2) is 4.98 Å². The van der Waals surface area contributed by atoms with E-state index in [2.05, 4.69) is 27.1 Å². The van der Waals surface area contributed by atoms with Crippen molar-refractivity contribution in [3.05, 3.63) is 18.7 Å². The fraction of sp³-hybridized carbons (Fsp3) is 0.714. The van der Waals surface area contributed by atoms with E-state index in [9.17, 15) is 4.79 Å². The van der Waals surface area contributed by atoms with Crippen molar-refractivity contribution in [2.45, 2.75) is 50.7 Å². The summed E-state index contributed by atoms with van der Waals surface area (Å²) in [6.07, 6.45) is 9.98. The highest BCUT2D eigenvalue weighted by Gasteiger charge is 2.34. The van der Waals surface area contributed by atoms with Gasteiger partial charge in [0.15, 0.2) is 0 Å². The largest absolute Gasteiger partial charge is 0.351 e. The molecule has 0 bridgehead atoms. The summed E-state index contributed by atoms with van der Waals surface area (Å²) >= 11 is 0. The molecular formula is C14H22N4O. The molecule has 1 aromatic rings. The Labute approximate surface area is 113 Å². The van der Waals surface area contributed by atoms with Crippen molar-refractivity contribution in [2.24, 2.45) is 5.92 Å². The van der Waals surface area contributed by atoms with Gasteiger partial charge < -0.3 is 15.2 Å². The number of carbonyl (C=O) groups is 1. The van der Waals surface area contributed by atoms with Crippen molar-refractivity contribution in [3.8, 4) is 0 Å². The normalized spacial score (nSPS) is 34.6. The minimum absolute atomic E-state index is 0.129. The Morgan fingerprint density at radius 3 is 3.00 bits per heavy atom. The summed E-state index contributed by atoms with van der Waals surface area (Å²) in [7, 11) is 0. The van der Waals surface area contributed by atoms with Crippen LogP contribution in [0.5, 0.6) is 0 Å². The average molecular weight is 262 g/mol. The Kier molecular flexibility index (Phi) is 3.55. The molecule has 4 unspecified atom stereocenters. The van der Waals surface area contributed by atoms with Crippen LogP contribution in [0.2, 0.25) is 0 Å². The predicted octanol–water partition coefficient (Wildman–Crippen LogP) is 1.09. The van der Waals surface area contributed by atoms with E-state index >= 15 is 0 Å². The van der Waals surface area contributed by atoms with Crippen molar-refractivity contribution in [1.29, 1.82) is 0 Å². The van der Waals surface area contributed by atoms with E-state index in [-0.39, 0.29) is 17.9 Å². The van der Waals surface area contributed by atoms with Crippen molar-refractivity contribution >= 4 is 5.91 Å². The van der Waals surface area contributed by atoms with Gasteiger partial charge in [0, 0.05) is 24.5 Å². The molecule has 4 atom stereocenters. The monoisotopic (exact) mass is 262 g/mol. The summed E-state index contributed by atoms with van der Waals surface area (Å²) in [6.45, 7) is 3.05. The standard InChI is InChI=1S/C14H22N4O/c1-10-11(5-6-16-10)14(19)17-12-3-2-4-13(12)18-8-7-15-9-18/h7-13,16H,2-6H2,1H3,(H,17,19).